The summed E-state index contributed by atoms with van der Waals surface area (Å²) in [5.74, 6) is 1.04. The van der Waals surface area contributed by atoms with E-state index in [0.717, 1.165) is 61.5 Å². The lowest BCUT2D eigenvalue weighted by Gasteiger charge is -2.32. The first kappa shape index (κ1) is 41.4. The second-order valence-electron chi connectivity index (χ2n) is 13.9. The monoisotopic (exact) mass is 763 g/mol. The van der Waals surface area contributed by atoms with Gasteiger partial charge in [-0.3, -0.25) is 0 Å². The van der Waals surface area contributed by atoms with E-state index in [1.807, 2.05) is 84.9 Å². The van der Waals surface area contributed by atoms with Gasteiger partial charge in [0.05, 0.1) is 13.2 Å². The topological polar surface area (TPSA) is 203 Å². The molecule has 1 aliphatic rings. The molecule has 1 heterocycles. The number of carbonyl (C=O) groups excluding carboxylic acids is 2. The van der Waals surface area contributed by atoms with Gasteiger partial charge < -0.3 is 47.0 Å². The standard InChI is InChI=1S/C43H53N7O6/c44-38(29-32-9-3-1-4-10-32)42(51)55-48-40(46)34-14-18-36(19-15-34)53-27-7-13-31-22-25-50(26-23-31)24-8-28-54-37-20-16-35(17-21-37)41(47)49-56-43(52)39(45)30-33-11-5-2-6-12-33/h1-6,9-12,14-21,31,38-39H,7-8,13,22-30,44-45H2,(H2,46,48)(H2,47,49). The van der Waals surface area contributed by atoms with Gasteiger partial charge in [0, 0.05) is 17.7 Å². The van der Waals surface area contributed by atoms with Crippen LogP contribution in [0.3, 0.4) is 0 Å². The van der Waals surface area contributed by atoms with E-state index in [-0.39, 0.29) is 11.7 Å². The predicted molar refractivity (Wildman–Crippen MR) is 217 cm³/mol. The average Bonchev–Trinajstić information content (AvgIpc) is 3.23. The van der Waals surface area contributed by atoms with Crippen LogP contribution < -0.4 is 32.4 Å². The van der Waals surface area contributed by atoms with Crippen molar-refractivity contribution >= 4 is 23.6 Å². The zero-order valence-electron chi connectivity index (χ0n) is 31.7. The molecule has 13 nitrogen and oxygen atoms in total. The van der Waals surface area contributed by atoms with E-state index in [0.29, 0.717) is 43.1 Å². The van der Waals surface area contributed by atoms with Crippen molar-refractivity contribution in [2.24, 2.45) is 39.2 Å². The summed E-state index contributed by atoms with van der Waals surface area (Å²) >= 11 is 0. The second kappa shape index (κ2) is 22.0. The number of likely N-dealkylation sites (tertiary alicyclic amines) is 1. The summed E-state index contributed by atoms with van der Waals surface area (Å²) < 4.78 is 11.9. The van der Waals surface area contributed by atoms with Crippen molar-refractivity contribution in [1.82, 2.24) is 4.90 Å². The fraction of sp³-hybridized carbons (Fsp3) is 0.349. The summed E-state index contributed by atoms with van der Waals surface area (Å²) in [7, 11) is 0. The van der Waals surface area contributed by atoms with Crippen molar-refractivity contribution in [3.63, 3.8) is 0 Å². The third kappa shape index (κ3) is 13.8. The molecule has 0 amide bonds. The number of hydrogen-bond donors (Lipinski definition) is 4. The molecule has 5 rings (SSSR count). The first-order valence-corrected chi connectivity index (χ1v) is 19.1. The minimum Gasteiger partial charge on any atom is -0.494 e. The smallest absolute Gasteiger partial charge is 0.351 e. The number of carbonyl (C=O) groups is 2. The molecule has 4 aromatic rings. The highest BCUT2D eigenvalue weighted by atomic mass is 16.7. The molecule has 0 aliphatic carbocycles. The lowest BCUT2D eigenvalue weighted by atomic mass is 9.92. The SMILES string of the molecule is N/C(=N\OC(=O)C(N)Cc1ccccc1)c1ccc(OCCCN2CCC(CCCOc3ccc(/C(N)=N\OC(=O)C(N)Cc4ccccc4)cc3)CC2)cc1. The number of benzene rings is 4. The van der Waals surface area contributed by atoms with Gasteiger partial charge in [0.1, 0.15) is 23.6 Å². The number of hydrogen-bond acceptors (Lipinski definition) is 11. The van der Waals surface area contributed by atoms with E-state index in [1.165, 1.54) is 12.8 Å². The number of nitrogens with two attached hydrogens (primary N) is 4. The molecule has 13 heteroatoms. The molecule has 8 N–H and O–H groups in total. The maximum absolute atomic E-state index is 12.2. The van der Waals surface area contributed by atoms with Crippen LogP contribution >= 0.6 is 0 Å². The molecular weight excluding hydrogens is 711 g/mol. The Morgan fingerprint density at radius 3 is 1.50 bits per heavy atom. The minimum absolute atomic E-state index is 0.0793. The van der Waals surface area contributed by atoms with Crippen LogP contribution in [0.25, 0.3) is 0 Å². The fourth-order valence-corrected chi connectivity index (χ4v) is 6.31. The van der Waals surface area contributed by atoms with E-state index in [9.17, 15) is 9.59 Å². The zero-order chi connectivity index (χ0) is 39.5. The minimum atomic E-state index is -0.840. The van der Waals surface area contributed by atoms with Crippen LogP contribution in [0.5, 0.6) is 11.5 Å². The Labute approximate surface area is 328 Å². The highest BCUT2D eigenvalue weighted by molar-refractivity contribution is 5.98. The molecule has 2 atom stereocenters. The summed E-state index contributed by atoms with van der Waals surface area (Å²) in [6, 6.07) is 31.7. The van der Waals surface area contributed by atoms with Crippen molar-refractivity contribution < 1.29 is 28.7 Å². The van der Waals surface area contributed by atoms with Crippen molar-refractivity contribution in [2.45, 2.75) is 57.0 Å². The lowest BCUT2D eigenvalue weighted by molar-refractivity contribution is -0.146. The molecule has 0 bridgehead atoms. The molecule has 56 heavy (non-hydrogen) atoms. The number of rotatable bonds is 20. The van der Waals surface area contributed by atoms with Gasteiger partial charge in [0.15, 0.2) is 11.7 Å². The van der Waals surface area contributed by atoms with Crippen molar-refractivity contribution in [3.8, 4) is 11.5 Å². The average molecular weight is 764 g/mol. The molecule has 1 aliphatic heterocycles. The van der Waals surface area contributed by atoms with E-state index >= 15 is 0 Å². The maximum Gasteiger partial charge on any atom is 0.351 e. The molecule has 2 unspecified atom stereocenters. The summed E-state index contributed by atoms with van der Waals surface area (Å²) in [5.41, 5.74) is 27.1. The van der Waals surface area contributed by atoms with Gasteiger partial charge in [-0.25, -0.2) is 9.59 Å². The molecule has 1 fully saturated rings. The summed E-state index contributed by atoms with van der Waals surface area (Å²) in [6.45, 7) is 4.39. The first-order valence-electron chi connectivity index (χ1n) is 19.1. The van der Waals surface area contributed by atoms with Gasteiger partial charge >= 0.3 is 11.9 Å². The van der Waals surface area contributed by atoms with Gasteiger partial charge in [-0.15, -0.1) is 0 Å². The van der Waals surface area contributed by atoms with Crippen LogP contribution in [0, 0.1) is 5.92 Å². The van der Waals surface area contributed by atoms with Gasteiger partial charge in [-0.05, 0) is 124 Å². The molecular formula is C43H53N7O6. The Morgan fingerprint density at radius 1 is 0.625 bits per heavy atom. The number of nitrogens with zero attached hydrogens (tertiary/aromatic N) is 3. The van der Waals surface area contributed by atoms with Gasteiger partial charge in [0.25, 0.3) is 0 Å². The van der Waals surface area contributed by atoms with Crippen LogP contribution in [0.15, 0.2) is 120 Å². The number of oxime groups is 2. The molecule has 296 valence electrons. The Hall–Kier alpha value is -5.76. The predicted octanol–water partition coefficient (Wildman–Crippen LogP) is 4.49. The molecule has 0 aromatic heterocycles. The highest BCUT2D eigenvalue weighted by Gasteiger charge is 2.20. The molecule has 0 radical (unpaired) electrons. The largest absolute Gasteiger partial charge is 0.494 e. The van der Waals surface area contributed by atoms with Gasteiger partial charge in [-0.1, -0.05) is 71.0 Å². The lowest BCUT2D eigenvalue weighted by Crippen LogP contribution is -2.35. The summed E-state index contributed by atoms with van der Waals surface area (Å²) in [6.07, 6.45) is 6.08. The van der Waals surface area contributed by atoms with Crippen LogP contribution in [0.1, 0.15) is 54.4 Å². The molecule has 4 aromatic carbocycles. The third-order valence-electron chi connectivity index (χ3n) is 9.59. The Balaban J connectivity index is 0.898. The van der Waals surface area contributed by atoms with Crippen molar-refractivity contribution in [1.29, 1.82) is 0 Å². The Kier molecular flexibility index (Phi) is 16.2. The summed E-state index contributed by atoms with van der Waals surface area (Å²) in [4.78, 5) is 37.0. The summed E-state index contributed by atoms with van der Waals surface area (Å²) in [5, 5.41) is 7.55. The number of piperidine rings is 1. The zero-order valence-corrected chi connectivity index (χ0v) is 31.7. The molecule has 1 saturated heterocycles. The highest BCUT2D eigenvalue weighted by Crippen LogP contribution is 2.23. The van der Waals surface area contributed by atoms with Crippen LogP contribution in [-0.2, 0) is 32.1 Å². The maximum atomic E-state index is 12.2. The normalized spacial score (nSPS) is 15.1. The van der Waals surface area contributed by atoms with Crippen LogP contribution in [0.2, 0.25) is 0 Å². The van der Waals surface area contributed by atoms with Crippen molar-refractivity contribution in [2.75, 3.05) is 32.8 Å². The van der Waals surface area contributed by atoms with E-state index in [4.69, 9.17) is 42.1 Å². The van der Waals surface area contributed by atoms with Crippen LogP contribution in [0.4, 0.5) is 0 Å². The molecule has 0 spiro atoms. The van der Waals surface area contributed by atoms with Gasteiger partial charge in [-0.2, -0.15) is 0 Å². The van der Waals surface area contributed by atoms with Crippen molar-refractivity contribution in [3.05, 3.63) is 131 Å². The fourth-order valence-electron chi connectivity index (χ4n) is 6.31. The van der Waals surface area contributed by atoms with E-state index < -0.39 is 24.0 Å². The van der Waals surface area contributed by atoms with Gasteiger partial charge in [0.2, 0.25) is 0 Å². The van der Waals surface area contributed by atoms with E-state index in [2.05, 4.69) is 15.2 Å². The second-order valence-corrected chi connectivity index (χ2v) is 13.9. The van der Waals surface area contributed by atoms with E-state index in [1.54, 1.807) is 24.3 Å². The Bertz CT molecular complexity index is 1710. The first-order chi connectivity index (χ1) is 27.2. The number of ether oxygens (including phenoxy) is 2. The third-order valence-corrected chi connectivity index (χ3v) is 9.59. The van der Waals surface area contributed by atoms with Crippen LogP contribution in [-0.4, -0.2) is 73.4 Å². The molecule has 0 saturated carbocycles. The quantitative estimate of drug-likeness (QED) is 0.0325. The number of amidine groups is 2. The Morgan fingerprint density at radius 2 is 1.05 bits per heavy atom.